The zero-order valence-electron chi connectivity index (χ0n) is 10.3. The third-order valence-corrected chi connectivity index (χ3v) is 2.94. The van der Waals surface area contributed by atoms with E-state index in [0.717, 1.165) is 0 Å². The molecule has 0 aliphatic carbocycles. The number of rotatable bonds is 2. The second-order valence-corrected chi connectivity index (χ2v) is 4.22. The molecule has 1 amide bonds. The highest BCUT2D eigenvalue weighted by Gasteiger charge is 2.21. The minimum absolute atomic E-state index is 0.0842. The Morgan fingerprint density at radius 2 is 1.89 bits per heavy atom. The van der Waals surface area contributed by atoms with Gasteiger partial charge in [0.15, 0.2) is 0 Å². The van der Waals surface area contributed by atoms with Crippen LogP contribution in [0.2, 0.25) is 5.28 Å². The summed E-state index contributed by atoms with van der Waals surface area (Å²) in [4.78, 5) is 27.0. The predicted molar refractivity (Wildman–Crippen MR) is 65.9 cm³/mol. The van der Waals surface area contributed by atoms with Crippen LogP contribution in [0.1, 0.15) is 6.92 Å². The first-order chi connectivity index (χ1) is 8.60. The zero-order chi connectivity index (χ0) is 13.1. The third-order valence-electron chi connectivity index (χ3n) is 2.77. The summed E-state index contributed by atoms with van der Waals surface area (Å²) in [7, 11) is 1.48. The van der Waals surface area contributed by atoms with Gasteiger partial charge in [-0.05, 0) is 11.6 Å². The number of anilines is 1. The van der Waals surface area contributed by atoms with Crippen LogP contribution in [0.25, 0.3) is 0 Å². The molecular formula is C10H14ClN5O2. The maximum Gasteiger partial charge on any atom is 0.322 e. The van der Waals surface area contributed by atoms with Gasteiger partial charge < -0.3 is 14.5 Å². The maximum atomic E-state index is 11.2. The van der Waals surface area contributed by atoms with E-state index in [4.69, 9.17) is 16.3 Å². The van der Waals surface area contributed by atoms with E-state index >= 15 is 0 Å². The molecule has 0 aromatic carbocycles. The Morgan fingerprint density at radius 3 is 2.44 bits per heavy atom. The first-order valence-corrected chi connectivity index (χ1v) is 5.94. The fourth-order valence-corrected chi connectivity index (χ4v) is 1.92. The number of halogens is 1. The van der Waals surface area contributed by atoms with Crippen LogP contribution in [0.5, 0.6) is 6.01 Å². The van der Waals surface area contributed by atoms with Gasteiger partial charge >= 0.3 is 6.01 Å². The number of ether oxygens (including phenoxy) is 1. The molecule has 0 bridgehead atoms. The lowest BCUT2D eigenvalue weighted by Gasteiger charge is -2.34. The highest BCUT2D eigenvalue weighted by molar-refractivity contribution is 6.28. The average Bonchev–Trinajstić information content (AvgIpc) is 2.38. The highest BCUT2D eigenvalue weighted by Crippen LogP contribution is 2.16. The van der Waals surface area contributed by atoms with Crippen molar-refractivity contribution in [2.45, 2.75) is 6.92 Å². The van der Waals surface area contributed by atoms with E-state index in [2.05, 4.69) is 15.0 Å². The van der Waals surface area contributed by atoms with Crippen molar-refractivity contribution in [2.24, 2.45) is 0 Å². The Morgan fingerprint density at radius 1 is 1.22 bits per heavy atom. The van der Waals surface area contributed by atoms with Crippen LogP contribution in [-0.2, 0) is 4.79 Å². The van der Waals surface area contributed by atoms with E-state index in [1.54, 1.807) is 11.8 Å². The molecule has 1 aliphatic rings. The summed E-state index contributed by atoms with van der Waals surface area (Å²) in [6.45, 7) is 4.21. The van der Waals surface area contributed by atoms with E-state index in [-0.39, 0.29) is 17.2 Å². The number of carbonyl (C=O) groups excluding carboxylic acids is 1. The van der Waals surface area contributed by atoms with Gasteiger partial charge in [-0.25, -0.2) is 0 Å². The summed E-state index contributed by atoms with van der Waals surface area (Å²) in [6.07, 6.45) is 0. The molecular weight excluding hydrogens is 258 g/mol. The van der Waals surface area contributed by atoms with Crippen molar-refractivity contribution in [1.82, 2.24) is 19.9 Å². The van der Waals surface area contributed by atoms with Crippen LogP contribution in [-0.4, -0.2) is 59.0 Å². The van der Waals surface area contributed by atoms with Crippen molar-refractivity contribution in [1.29, 1.82) is 0 Å². The monoisotopic (exact) mass is 271 g/mol. The summed E-state index contributed by atoms with van der Waals surface area (Å²) in [5, 5.41) is 0.103. The van der Waals surface area contributed by atoms with Gasteiger partial charge in [0.25, 0.3) is 0 Å². The van der Waals surface area contributed by atoms with Crippen LogP contribution < -0.4 is 9.64 Å². The number of methoxy groups -OCH3 is 1. The van der Waals surface area contributed by atoms with Crippen LogP contribution in [0.4, 0.5) is 5.95 Å². The molecule has 0 saturated carbocycles. The number of amides is 1. The number of nitrogens with zero attached hydrogens (tertiary/aromatic N) is 5. The standard InChI is InChI=1S/C10H14ClN5O2/c1-7(17)15-3-5-16(6-4-15)9-12-8(11)13-10(14-9)18-2/h3-6H2,1-2H3. The Labute approximate surface area is 110 Å². The van der Waals surface area contributed by atoms with Crippen molar-refractivity contribution in [3.63, 3.8) is 0 Å². The molecule has 0 radical (unpaired) electrons. The number of hydrogen-bond acceptors (Lipinski definition) is 6. The maximum absolute atomic E-state index is 11.2. The van der Waals surface area contributed by atoms with Crippen molar-refractivity contribution in [2.75, 3.05) is 38.2 Å². The first-order valence-electron chi connectivity index (χ1n) is 5.56. The molecule has 1 fully saturated rings. The number of aromatic nitrogens is 3. The van der Waals surface area contributed by atoms with Gasteiger partial charge in [-0.15, -0.1) is 0 Å². The molecule has 2 heterocycles. The molecule has 18 heavy (non-hydrogen) atoms. The van der Waals surface area contributed by atoms with E-state index in [9.17, 15) is 4.79 Å². The summed E-state index contributed by atoms with van der Waals surface area (Å²) in [5.74, 6) is 0.566. The predicted octanol–water partition coefficient (Wildman–Crippen LogP) is 0.202. The van der Waals surface area contributed by atoms with Crippen LogP contribution in [0.3, 0.4) is 0 Å². The average molecular weight is 272 g/mol. The fraction of sp³-hybridized carbons (Fsp3) is 0.600. The number of hydrogen-bond donors (Lipinski definition) is 0. The first kappa shape index (κ1) is 12.8. The fourth-order valence-electron chi connectivity index (χ4n) is 1.78. The number of carbonyl (C=O) groups is 1. The molecule has 8 heteroatoms. The molecule has 0 N–H and O–H groups in total. The Kier molecular flexibility index (Phi) is 3.81. The molecule has 1 aromatic rings. The molecule has 1 aliphatic heterocycles. The molecule has 1 saturated heterocycles. The molecule has 2 rings (SSSR count). The number of piperazine rings is 1. The van der Waals surface area contributed by atoms with E-state index in [1.165, 1.54) is 7.11 Å². The quantitative estimate of drug-likeness (QED) is 0.765. The largest absolute Gasteiger partial charge is 0.467 e. The SMILES string of the molecule is COc1nc(Cl)nc(N2CCN(C(C)=O)CC2)n1. The van der Waals surface area contributed by atoms with Crippen molar-refractivity contribution in [3.8, 4) is 6.01 Å². The molecule has 1 aromatic heterocycles. The lowest BCUT2D eigenvalue weighted by atomic mass is 10.3. The highest BCUT2D eigenvalue weighted by atomic mass is 35.5. The van der Waals surface area contributed by atoms with Gasteiger partial charge in [0.05, 0.1) is 7.11 Å². The van der Waals surface area contributed by atoms with Crippen molar-refractivity contribution >= 4 is 23.5 Å². The summed E-state index contributed by atoms with van der Waals surface area (Å²) < 4.78 is 4.95. The second-order valence-electron chi connectivity index (χ2n) is 3.88. The minimum Gasteiger partial charge on any atom is -0.467 e. The Bertz CT molecular complexity index is 448. The van der Waals surface area contributed by atoms with E-state index < -0.39 is 0 Å². The third kappa shape index (κ3) is 2.79. The van der Waals surface area contributed by atoms with E-state index in [1.807, 2.05) is 4.90 Å². The molecule has 0 spiro atoms. The van der Waals surface area contributed by atoms with E-state index in [0.29, 0.717) is 32.1 Å². The smallest absolute Gasteiger partial charge is 0.322 e. The molecule has 98 valence electrons. The van der Waals surface area contributed by atoms with Gasteiger partial charge in [-0.1, -0.05) is 0 Å². The minimum atomic E-state index is 0.0842. The molecule has 0 unspecified atom stereocenters. The van der Waals surface area contributed by atoms with Crippen molar-refractivity contribution < 1.29 is 9.53 Å². The summed E-state index contributed by atoms with van der Waals surface area (Å²) in [5.41, 5.74) is 0. The normalized spacial score (nSPS) is 15.7. The summed E-state index contributed by atoms with van der Waals surface area (Å²) in [6, 6.07) is 0.194. The van der Waals surface area contributed by atoms with Gasteiger partial charge in [-0.3, -0.25) is 4.79 Å². The lowest BCUT2D eigenvalue weighted by Crippen LogP contribution is -2.48. The Balaban J connectivity index is 2.09. The van der Waals surface area contributed by atoms with Gasteiger partial charge in [0.1, 0.15) is 0 Å². The van der Waals surface area contributed by atoms with Crippen LogP contribution in [0.15, 0.2) is 0 Å². The van der Waals surface area contributed by atoms with Crippen LogP contribution in [0, 0.1) is 0 Å². The van der Waals surface area contributed by atoms with Crippen LogP contribution >= 0.6 is 11.6 Å². The van der Waals surface area contributed by atoms with Crippen molar-refractivity contribution in [3.05, 3.63) is 5.28 Å². The van der Waals surface area contributed by atoms with Gasteiger partial charge in [0, 0.05) is 33.1 Å². The van der Waals surface area contributed by atoms with Gasteiger partial charge in [0.2, 0.25) is 17.1 Å². The zero-order valence-corrected chi connectivity index (χ0v) is 11.0. The molecule has 7 nitrogen and oxygen atoms in total. The molecule has 0 atom stereocenters. The summed E-state index contributed by atoms with van der Waals surface area (Å²) >= 11 is 5.79. The lowest BCUT2D eigenvalue weighted by molar-refractivity contribution is -0.129. The topological polar surface area (TPSA) is 71.5 Å². The Hall–Kier alpha value is -1.63. The van der Waals surface area contributed by atoms with Gasteiger partial charge in [-0.2, -0.15) is 15.0 Å². The second kappa shape index (κ2) is 5.34.